The van der Waals surface area contributed by atoms with E-state index in [0.717, 1.165) is 0 Å². The minimum atomic E-state index is -0.980. The summed E-state index contributed by atoms with van der Waals surface area (Å²) in [5.41, 5.74) is -0.540. The molecule has 0 saturated carbocycles. The quantitative estimate of drug-likeness (QED) is 0.814. The summed E-state index contributed by atoms with van der Waals surface area (Å²) in [6.45, 7) is 3.29. The number of rotatable bonds is 6. The fraction of sp³-hybridized carbons (Fsp3) is 0.429. The molecule has 0 unspecified atom stereocenters. The normalized spacial score (nSPS) is 10.9. The molecule has 116 valence electrons. The van der Waals surface area contributed by atoms with Gasteiger partial charge in [0.1, 0.15) is 16.0 Å². The molecule has 0 aliphatic rings. The number of carboxylic acid groups (broad SMARTS) is 1. The van der Waals surface area contributed by atoms with Gasteiger partial charge in [0.05, 0.1) is 20.6 Å². The Kier molecular flexibility index (Phi) is 5.60. The number of hydrogen-bond acceptors (Lipinski definition) is 4. The summed E-state index contributed by atoms with van der Waals surface area (Å²) in [5, 5.41) is 11.5. The summed E-state index contributed by atoms with van der Waals surface area (Å²) in [4.78, 5) is 23.0. The Morgan fingerprint density at radius 1 is 1.24 bits per heavy atom. The molecule has 0 bridgehead atoms. The van der Waals surface area contributed by atoms with Gasteiger partial charge in [-0.2, -0.15) is 0 Å². The summed E-state index contributed by atoms with van der Waals surface area (Å²) in [6.07, 6.45) is -0.177. The van der Waals surface area contributed by atoms with Gasteiger partial charge in [0.25, 0.3) is 5.91 Å². The topological polar surface area (TPSA) is 84.9 Å². The van der Waals surface area contributed by atoms with Gasteiger partial charge in [-0.3, -0.25) is 9.59 Å². The highest BCUT2D eigenvalue weighted by Crippen LogP contribution is 2.35. The van der Waals surface area contributed by atoms with Gasteiger partial charge in [-0.15, -0.1) is 0 Å². The molecule has 0 heterocycles. The third-order valence-corrected chi connectivity index (χ3v) is 3.53. The van der Waals surface area contributed by atoms with Crippen LogP contribution in [-0.4, -0.2) is 36.7 Å². The van der Waals surface area contributed by atoms with Gasteiger partial charge >= 0.3 is 5.97 Å². The maximum atomic E-state index is 12.3. The molecular formula is C14H18BrNO5. The molecule has 0 spiro atoms. The number of carbonyl (C=O) groups excluding carboxylic acids is 1. The van der Waals surface area contributed by atoms with Crippen LogP contribution in [0.4, 0.5) is 0 Å². The van der Waals surface area contributed by atoms with E-state index < -0.39 is 17.4 Å². The zero-order chi connectivity index (χ0) is 16.2. The lowest BCUT2D eigenvalue weighted by molar-refractivity contribution is -0.138. The first-order chi connectivity index (χ1) is 9.70. The minimum Gasteiger partial charge on any atom is -0.495 e. The van der Waals surface area contributed by atoms with Crippen LogP contribution in [0.5, 0.6) is 11.5 Å². The van der Waals surface area contributed by atoms with Crippen LogP contribution in [0.15, 0.2) is 16.6 Å². The third-order valence-electron chi connectivity index (χ3n) is 2.75. The van der Waals surface area contributed by atoms with E-state index in [9.17, 15) is 9.59 Å². The largest absolute Gasteiger partial charge is 0.495 e. The summed E-state index contributed by atoms with van der Waals surface area (Å²) < 4.78 is 10.9. The fourth-order valence-corrected chi connectivity index (χ4v) is 2.35. The van der Waals surface area contributed by atoms with E-state index in [1.807, 2.05) is 0 Å². The predicted octanol–water partition coefficient (Wildman–Crippen LogP) is 2.45. The van der Waals surface area contributed by atoms with E-state index in [2.05, 4.69) is 21.2 Å². The number of carboxylic acids is 1. The SMILES string of the molecule is COc1cc(C(=O)NC(C)(C)CC(=O)O)cc(OC)c1Br. The highest BCUT2D eigenvalue weighted by Gasteiger charge is 2.25. The van der Waals surface area contributed by atoms with E-state index in [1.165, 1.54) is 14.2 Å². The number of nitrogens with one attached hydrogen (secondary N) is 1. The molecule has 0 radical (unpaired) electrons. The lowest BCUT2D eigenvalue weighted by Gasteiger charge is -2.24. The van der Waals surface area contributed by atoms with Crippen LogP contribution in [-0.2, 0) is 4.79 Å². The predicted molar refractivity (Wildman–Crippen MR) is 81.0 cm³/mol. The average molecular weight is 360 g/mol. The molecule has 1 amide bonds. The highest BCUT2D eigenvalue weighted by molar-refractivity contribution is 9.10. The number of carbonyl (C=O) groups is 2. The zero-order valence-corrected chi connectivity index (χ0v) is 13.9. The first-order valence-electron chi connectivity index (χ1n) is 6.16. The smallest absolute Gasteiger partial charge is 0.305 e. The van der Waals surface area contributed by atoms with Crippen molar-refractivity contribution in [2.24, 2.45) is 0 Å². The molecular weight excluding hydrogens is 342 g/mol. The van der Waals surface area contributed by atoms with Crippen LogP contribution in [0, 0.1) is 0 Å². The molecule has 1 rings (SSSR count). The van der Waals surface area contributed by atoms with Crippen molar-refractivity contribution in [2.45, 2.75) is 25.8 Å². The Morgan fingerprint density at radius 2 is 1.71 bits per heavy atom. The first-order valence-corrected chi connectivity index (χ1v) is 6.95. The van der Waals surface area contributed by atoms with Crippen molar-refractivity contribution < 1.29 is 24.2 Å². The highest BCUT2D eigenvalue weighted by atomic mass is 79.9. The Hall–Kier alpha value is -1.76. The second kappa shape index (κ2) is 6.80. The Morgan fingerprint density at radius 3 is 2.10 bits per heavy atom. The van der Waals surface area contributed by atoms with E-state index in [1.54, 1.807) is 26.0 Å². The second-order valence-corrected chi connectivity index (χ2v) is 5.90. The van der Waals surface area contributed by atoms with Gasteiger partial charge in [0.15, 0.2) is 0 Å². The van der Waals surface area contributed by atoms with Crippen molar-refractivity contribution in [3.05, 3.63) is 22.2 Å². The second-order valence-electron chi connectivity index (χ2n) is 5.10. The molecule has 0 fully saturated rings. The van der Waals surface area contributed by atoms with Gasteiger partial charge in [-0.1, -0.05) is 0 Å². The molecule has 0 saturated heterocycles. The Labute approximate surface area is 131 Å². The summed E-state index contributed by atoms with van der Waals surface area (Å²) in [7, 11) is 2.96. The lowest BCUT2D eigenvalue weighted by Crippen LogP contribution is -2.44. The van der Waals surface area contributed by atoms with Crippen LogP contribution in [0.25, 0.3) is 0 Å². The molecule has 0 atom stereocenters. The van der Waals surface area contributed by atoms with Crippen LogP contribution in [0.2, 0.25) is 0 Å². The van der Waals surface area contributed by atoms with Crippen molar-refractivity contribution in [2.75, 3.05) is 14.2 Å². The number of amides is 1. The number of halogens is 1. The Bertz CT molecular complexity index is 531. The van der Waals surface area contributed by atoms with Crippen molar-refractivity contribution in [1.29, 1.82) is 0 Å². The van der Waals surface area contributed by atoms with Crippen molar-refractivity contribution in [3.8, 4) is 11.5 Å². The molecule has 0 aliphatic carbocycles. The molecule has 0 aromatic heterocycles. The van der Waals surface area contributed by atoms with Crippen LogP contribution >= 0.6 is 15.9 Å². The number of hydrogen-bond donors (Lipinski definition) is 2. The maximum absolute atomic E-state index is 12.3. The van der Waals surface area contributed by atoms with Gasteiger partial charge in [0, 0.05) is 11.1 Å². The number of methoxy groups -OCH3 is 2. The third kappa shape index (κ3) is 4.63. The number of benzene rings is 1. The van der Waals surface area contributed by atoms with Crippen LogP contribution in [0.1, 0.15) is 30.6 Å². The van der Waals surface area contributed by atoms with Crippen molar-refractivity contribution in [3.63, 3.8) is 0 Å². The minimum absolute atomic E-state index is 0.177. The van der Waals surface area contributed by atoms with Gasteiger partial charge in [-0.05, 0) is 41.9 Å². The molecule has 7 heteroatoms. The molecule has 21 heavy (non-hydrogen) atoms. The number of aliphatic carboxylic acids is 1. The van der Waals surface area contributed by atoms with Crippen LogP contribution in [0.3, 0.4) is 0 Å². The van der Waals surface area contributed by atoms with Crippen molar-refractivity contribution >= 4 is 27.8 Å². The fourth-order valence-electron chi connectivity index (χ4n) is 1.80. The molecule has 1 aromatic rings. The standard InChI is InChI=1S/C14H18BrNO5/c1-14(2,7-11(17)18)16-13(19)8-5-9(20-3)12(15)10(6-8)21-4/h5-6H,7H2,1-4H3,(H,16,19)(H,17,18). The molecule has 1 aromatic carbocycles. The Balaban J connectivity index is 3.05. The first kappa shape index (κ1) is 17.3. The van der Waals surface area contributed by atoms with E-state index in [0.29, 0.717) is 21.5 Å². The average Bonchev–Trinajstić information content (AvgIpc) is 2.36. The van der Waals surface area contributed by atoms with Gasteiger partial charge in [0.2, 0.25) is 0 Å². The van der Waals surface area contributed by atoms with E-state index in [-0.39, 0.29) is 6.42 Å². The molecule has 6 nitrogen and oxygen atoms in total. The molecule has 0 aliphatic heterocycles. The monoisotopic (exact) mass is 359 g/mol. The van der Waals surface area contributed by atoms with Gasteiger partial charge in [-0.25, -0.2) is 0 Å². The summed E-state index contributed by atoms with van der Waals surface area (Å²) in [6, 6.07) is 3.11. The lowest BCUT2D eigenvalue weighted by atomic mass is 10.00. The zero-order valence-electron chi connectivity index (χ0n) is 12.3. The van der Waals surface area contributed by atoms with Crippen molar-refractivity contribution in [1.82, 2.24) is 5.32 Å². The van der Waals surface area contributed by atoms with Crippen LogP contribution < -0.4 is 14.8 Å². The summed E-state index contributed by atoms with van der Waals surface area (Å²) in [5.74, 6) is -0.470. The molecule has 2 N–H and O–H groups in total. The van der Waals surface area contributed by atoms with Gasteiger partial charge < -0.3 is 19.9 Å². The summed E-state index contributed by atoms with van der Waals surface area (Å²) >= 11 is 3.32. The maximum Gasteiger partial charge on any atom is 0.305 e. The van der Waals surface area contributed by atoms with E-state index >= 15 is 0 Å². The van der Waals surface area contributed by atoms with E-state index in [4.69, 9.17) is 14.6 Å². The number of ether oxygens (including phenoxy) is 2.